The van der Waals surface area contributed by atoms with Crippen molar-refractivity contribution in [2.45, 2.75) is 26.9 Å². The molecule has 0 aliphatic carbocycles. The number of hydrogen-bond donors (Lipinski definition) is 1. The van der Waals surface area contributed by atoms with Gasteiger partial charge in [0.2, 0.25) is 0 Å². The summed E-state index contributed by atoms with van der Waals surface area (Å²) in [5, 5.41) is 3.21. The largest absolute Gasteiger partial charge is 0.472 e. The van der Waals surface area contributed by atoms with E-state index in [4.69, 9.17) is 4.42 Å². The first-order valence-electron chi connectivity index (χ1n) is 6.45. The standard InChI is InChI=1S/C15H21N3O/c1-11-7-12(2)17-15(14(11)8-16-3)18(4)9-13-5-6-19-10-13/h5-7,10,16H,8-9H2,1-4H3. The lowest BCUT2D eigenvalue weighted by Gasteiger charge is -2.22. The summed E-state index contributed by atoms with van der Waals surface area (Å²) in [5.41, 5.74) is 4.72. The van der Waals surface area contributed by atoms with Gasteiger partial charge in [-0.2, -0.15) is 0 Å². The Balaban J connectivity index is 2.31. The van der Waals surface area contributed by atoms with Crippen LogP contribution in [0.25, 0.3) is 0 Å². The predicted octanol–water partition coefficient (Wildman–Crippen LogP) is 2.65. The molecule has 1 N–H and O–H groups in total. The Bertz CT molecular complexity index is 535. The Kier molecular flexibility index (Phi) is 4.22. The number of rotatable bonds is 5. The van der Waals surface area contributed by atoms with Crippen molar-refractivity contribution in [1.29, 1.82) is 0 Å². The molecule has 0 aliphatic heterocycles. The number of nitrogens with zero attached hydrogens (tertiary/aromatic N) is 2. The SMILES string of the molecule is CNCc1c(C)cc(C)nc1N(C)Cc1ccoc1. The van der Waals surface area contributed by atoms with Crippen LogP contribution in [0.15, 0.2) is 29.1 Å². The third-order valence-corrected chi connectivity index (χ3v) is 3.17. The Morgan fingerprint density at radius 2 is 2.16 bits per heavy atom. The van der Waals surface area contributed by atoms with Gasteiger partial charge >= 0.3 is 0 Å². The number of hydrogen-bond acceptors (Lipinski definition) is 4. The quantitative estimate of drug-likeness (QED) is 0.896. The van der Waals surface area contributed by atoms with Crippen molar-refractivity contribution in [2.75, 3.05) is 19.0 Å². The summed E-state index contributed by atoms with van der Waals surface area (Å²) in [7, 11) is 4.02. The van der Waals surface area contributed by atoms with Gasteiger partial charge in [0, 0.05) is 37.0 Å². The zero-order chi connectivity index (χ0) is 13.8. The highest BCUT2D eigenvalue weighted by Gasteiger charge is 2.13. The van der Waals surface area contributed by atoms with Crippen LogP contribution in [-0.2, 0) is 13.1 Å². The topological polar surface area (TPSA) is 41.3 Å². The highest BCUT2D eigenvalue weighted by Crippen LogP contribution is 2.23. The zero-order valence-electron chi connectivity index (χ0n) is 12.0. The van der Waals surface area contributed by atoms with E-state index in [0.29, 0.717) is 0 Å². The number of anilines is 1. The average Bonchev–Trinajstić information content (AvgIpc) is 2.85. The maximum Gasteiger partial charge on any atom is 0.133 e. The van der Waals surface area contributed by atoms with Gasteiger partial charge in [-0.1, -0.05) is 0 Å². The van der Waals surface area contributed by atoms with Gasteiger partial charge in [0.05, 0.1) is 12.5 Å². The van der Waals surface area contributed by atoms with E-state index < -0.39 is 0 Å². The van der Waals surface area contributed by atoms with Gasteiger partial charge in [-0.3, -0.25) is 0 Å². The molecular weight excluding hydrogens is 238 g/mol. The van der Waals surface area contributed by atoms with Gasteiger partial charge in [-0.15, -0.1) is 0 Å². The number of aromatic nitrogens is 1. The van der Waals surface area contributed by atoms with Crippen molar-refractivity contribution >= 4 is 5.82 Å². The molecule has 102 valence electrons. The van der Waals surface area contributed by atoms with Crippen LogP contribution in [0.2, 0.25) is 0 Å². The van der Waals surface area contributed by atoms with Gasteiger partial charge < -0.3 is 14.6 Å². The number of pyridine rings is 1. The average molecular weight is 259 g/mol. The molecule has 0 saturated carbocycles. The van der Waals surface area contributed by atoms with E-state index in [2.05, 4.69) is 35.2 Å². The Hall–Kier alpha value is -1.81. The highest BCUT2D eigenvalue weighted by atomic mass is 16.3. The van der Waals surface area contributed by atoms with Crippen molar-refractivity contribution in [3.63, 3.8) is 0 Å². The molecule has 0 fully saturated rings. The molecule has 0 aromatic carbocycles. The Morgan fingerprint density at radius 1 is 1.37 bits per heavy atom. The molecule has 0 amide bonds. The number of furan rings is 1. The van der Waals surface area contributed by atoms with E-state index >= 15 is 0 Å². The second-order valence-electron chi connectivity index (χ2n) is 4.90. The molecule has 2 heterocycles. The van der Waals surface area contributed by atoms with E-state index in [-0.39, 0.29) is 0 Å². The Morgan fingerprint density at radius 3 is 2.79 bits per heavy atom. The summed E-state index contributed by atoms with van der Waals surface area (Å²) >= 11 is 0. The van der Waals surface area contributed by atoms with Crippen LogP contribution in [0, 0.1) is 13.8 Å². The fourth-order valence-electron chi connectivity index (χ4n) is 2.29. The monoisotopic (exact) mass is 259 g/mol. The van der Waals surface area contributed by atoms with E-state index in [9.17, 15) is 0 Å². The number of nitrogens with one attached hydrogen (secondary N) is 1. The zero-order valence-corrected chi connectivity index (χ0v) is 12.0. The molecule has 0 radical (unpaired) electrons. The first-order valence-corrected chi connectivity index (χ1v) is 6.45. The van der Waals surface area contributed by atoms with Crippen LogP contribution in [0.1, 0.15) is 22.4 Å². The van der Waals surface area contributed by atoms with Crippen LogP contribution < -0.4 is 10.2 Å². The molecule has 19 heavy (non-hydrogen) atoms. The maximum atomic E-state index is 5.12. The molecule has 0 atom stereocenters. The molecule has 0 saturated heterocycles. The minimum Gasteiger partial charge on any atom is -0.472 e. The predicted molar refractivity (Wildman–Crippen MR) is 77.3 cm³/mol. The van der Waals surface area contributed by atoms with Crippen molar-refractivity contribution in [3.8, 4) is 0 Å². The fourth-order valence-corrected chi connectivity index (χ4v) is 2.29. The van der Waals surface area contributed by atoms with Gasteiger partial charge in [-0.25, -0.2) is 4.98 Å². The van der Waals surface area contributed by atoms with Gasteiger partial charge in [0.15, 0.2) is 0 Å². The lowest BCUT2D eigenvalue weighted by Crippen LogP contribution is -2.22. The summed E-state index contributed by atoms with van der Waals surface area (Å²) < 4.78 is 5.12. The fraction of sp³-hybridized carbons (Fsp3) is 0.400. The van der Waals surface area contributed by atoms with Crippen molar-refractivity contribution < 1.29 is 4.42 Å². The molecule has 0 spiro atoms. The van der Waals surface area contributed by atoms with E-state index in [1.165, 1.54) is 11.1 Å². The van der Waals surface area contributed by atoms with Crippen LogP contribution in [0.4, 0.5) is 5.82 Å². The van der Waals surface area contributed by atoms with Gasteiger partial charge in [0.25, 0.3) is 0 Å². The minimum atomic E-state index is 0.795. The van der Waals surface area contributed by atoms with Crippen LogP contribution >= 0.6 is 0 Å². The van der Waals surface area contributed by atoms with Crippen LogP contribution in [-0.4, -0.2) is 19.1 Å². The number of aryl methyl sites for hydroxylation is 2. The van der Waals surface area contributed by atoms with E-state index in [0.717, 1.165) is 30.2 Å². The summed E-state index contributed by atoms with van der Waals surface area (Å²) in [4.78, 5) is 6.85. The smallest absolute Gasteiger partial charge is 0.133 e. The van der Waals surface area contributed by atoms with Crippen LogP contribution in [0.3, 0.4) is 0 Å². The Labute approximate surface area is 114 Å². The van der Waals surface area contributed by atoms with Gasteiger partial charge in [-0.05, 0) is 38.6 Å². The van der Waals surface area contributed by atoms with E-state index in [1.54, 1.807) is 12.5 Å². The molecule has 0 aliphatic rings. The lowest BCUT2D eigenvalue weighted by molar-refractivity contribution is 0.563. The normalized spacial score (nSPS) is 10.7. The first-order chi connectivity index (χ1) is 9.11. The second-order valence-corrected chi connectivity index (χ2v) is 4.90. The van der Waals surface area contributed by atoms with Crippen molar-refractivity contribution in [2.24, 2.45) is 0 Å². The van der Waals surface area contributed by atoms with Crippen molar-refractivity contribution in [3.05, 3.63) is 47.0 Å². The molecule has 4 nitrogen and oxygen atoms in total. The minimum absolute atomic E-state index is 0.795. The molecule has 2 rings (SSSR count). The molecule has 2 aromatic rings. The molecular formula is C15H21N3O. The molecule has 4 heteroatoms. The van der Waals surface area contributed by atoms with E-state index in [1.807, 2.05) is 20.0 Å². The van der Waals surface area contributed by atoms with Crippen molar-refractivity contribution in [1.82, 2.24) is 10.3 Å². The molecule has 2 aromatic heterocycles. The summed E-state index contributed by atoms with van der Waals surface area (Å²) in [6, 6.07) is 4.11. The molecule has 0 bridgehead atoms. The lowest BCUT2D eigenvalue weighted by atomic mass is 10.1. The van der Waals surface area contributed by atoms with Gasteiger partial charge in [0.1, 0.15) is 5.82 Å². The van der Waals surface area contributed by atoms with Crippen LogP contribution in [0.5, 0.6) is 0 Å². The summed E-state index contributed by atoms with van der Waals surface area (Å²) in [6.07, 6.45) is 3.48. The summed E-state index contributed by atoms with van der Waals surface area (Å²) in [6.45, 7) is 5.79. The first kappa shape index (κ1) is 13.6. The highest BCUT2D eigenvalue weighted by molar-refractivity contribution is 5.51. The molecule has 0 unspecified atom stereocenters. The summed E-state index contributed by atoms with van der Waals surface area (Å²) in [5.74, 6) is 1.04. The third kappa shape index (κ3) is 3.15. The third-order valence-electron chi connectivity index (χ3n) is 3.17. The maximum absolute atomic E-state index is 5.12. The second kappa shape index (κ2) is 5.89.